The number of carbonyl (C=O) groups is 1. The highest BCUT2D eigenvalue weighted by atomic mass is 32.2. The molecule has 1 aromatic heterocycles. The molecule has 1 saturated heterocycles. The number of H-pyrrole nitrogens is 1. The van der Waals surface area contributed by atoms with Crippen molar-refractivity contribution in [1.29, 1.82) is 0 Å². The zero-order valence-electron chi connectivity index (χ0n) is 11.0. The first-order chi connectivity index (χ1) is 9.97. The van der Waals surface area contributed by atoms with Crippen LogP contribution in [0.2, 0.25) is 0 Å². The van der Waals surface area contributed by atoms with Crippen molar-refractivity contribution in [2.24, 2.45) is 0 Å². The van der Waals surface area contributed by atoms with Crippen molar-refractivity contribution in [3.05, 3.63) is 15.9 Å². The van der Waals surface area contributed by atoms with Crippen molar-refractivity contribution in [2.75, 3.05) is 18.2 Å². The van der Waals surface area contributed by atoms with E-state index in [2.05, 4.69) is 15.3 Å². The number of nitrogens with one attached hydrogen (secondary N) is 2. The lowest BCUT2D eigenvalue weighted by Crippen LogP contribution is -2.55. The number of rotatable bonds is 4. The van der Waals surface area contributed by atoms with Crippen molar-refractivity contribution >= 4 is 23.9 Å². The zero-order chi connectivity index (χ0) is 15.6. The molecule has 0 radical (unpaired) electrons. The lowest BCUT2D eigenvalue weighted by Gasteiger charge is -2.35. The number of thioether (sulfide) groups is 1. The third-order valence-electron chi connectivity index (χ3n) is 3.02. The number of aliphatic hydroxyl groups is 3. The topological polar surface area (TPSA) is 145 Å². The Kier molecular flexibility index (Phi) is 4.96. The minimum Gasteiger partial charge on any atom is -0.388 e. The zero-order valence-corrected chi connectivity index (χ0v) is 11.8. The average molecular weight is 317 g/mol. The van der Waals surface area contributed by atoms with Crippen molar-refractivity contribution in [3.63, 3.8) is 0 Å². The molecule has 5 N–H and O–H groups in total. The first kappa shape index (κ1) is 15.9. The molecule has 0 saturated carbocycles. The van der Waals surface area contributed by atoms with E-state index in [1.807, 2.05) is 0 Å². The molecule has 1 aromatic rings. The largest absolute Gasteiger partial charge is 0.388 e. The predicted molar refractivity (Wildman–Crippen MR) is 73.4 cm³/mol. The summed E-state index contributed by atoms with van der Waals surface area (Å²) in [5.41, 5.74) is -0.873. The van der Waals surface area contributed by atoms with E-state index in [0.29, 0.717) is 6.29 Å². The molecular formula is C11H15N3O6S. The highest BCUT2D eigenvalue weighted by Crippen LogP contribution is 2.19. The minimum absolute atomic E-state index is 0.0641. The maximum Gasteiger partial charge on any atom is 0.264 e. The van der Waals surface area contributed by atoms with E-state index in [-0.39, 0.29) is 23.1 Å². The smallest absolute Gasteiger partial charge is 0.264 e. The second-order valence-corrected chi connectivity index (χ2v) is 5.20. The lowest BCUT2D eigenvalue weighted by molar-refractivity contribution is -0.178. The summed E-state index contributed by atoms with van der Waals surface area (Å²) in [5, 5.41) is 31.7. The fourth-order valence-electron chi connectivity index (χ4n) is 1.85. The van der Waals surface area contributed by atoms with Gasteiger partial charge in [-0.15, -0.1) is 0 Å². The molecule has 116 valence electrons. The van der Waals surface area contributed by atoms with Gasteiger partial charge in [-0.1, -0.05) is 11.8 Å². The number of aromatic amines is 1. The molecule has 1 aliphatic heterocycles. The number of aromatic nitrogens is 2. The molecule has 0 spiro atoms. The first-order valence-electron chi connectivity index (χ1n) is 6.03. The summed E-state index contributed by atoms with van der Waals surface area (Å²) >= 11 is 1.16. The number of aliphatic hydroxyl groups excluding tert-OH is 3. The second kappa shape index (κ2) is 6.54. The number of carbonyl (C=O) groups excluding carboxylic acids is 1. The quantitative estimate of drug-likeness (QED) is 0.245. The Labute approximate surface area is 123 Å². The van der Waals surface area contributed by atoms with Gasteiger partial charge >= 0.3 is 0 Å². The van der Waals surface area contributed by atoms with Crippen LogP contribution in [0.25, 0.3) is 0 Å². The van der Waals surface area contributed by atoms with E-state index in [1.54, 1.807) is 6.26 Å². The molecule has 1 aliphatic rings. The highest BCUT2D eigenvalue weighted by Gasteiger charge is 2.38. The van der Waals surface area contributed by atoms with E-state index in [9.17, 15) is 24.9 Å². The first-order valence-corrected chi connectivity index (χ1v) is 7.26. The van der Waals surface area contributed by atoms with E-state index in [1.165, 1.54) is 0 Å². The molecule has 10 heteroatoms. The number of hydrogen-bond donors (Lipinski definition) is 5. The van der Waals surface area contributed by atoms with Crippen molar-refractivity contribution in [3.8, 4) is 0 Å². The SMILES string of the molecule is CSc1nc(N[C@H]2OC[C@@H](O)[C@@H](O)[C@H]2O)c(C=O)c(=O)[nH]1. The van der Waals surface area contributed by atoms with Gasteiger partial charge in [0.15, 0.2) is 17.7 Å². The Balaban J connectivity index is 2.28. The van der Waals surface area contributed by atoms with Crippen LogP contribution >= 0.6 is 11.8 Å². The highest BCUT2D eigenvalue weighted by molar-refractivity contribution is 7.98. The molecule has 0 aromatic carbocycles. The third-order valence-corrected chi connectivity index (χ3v) is 3.60. The van der Waals surface area contributed by atoms with Crippen LogP contribution in [0.1, 0.15) is 10.4 Å². The molecule has 9 nitrogen and oxygen atoms in total. The summed E-state index contributed by atoms with van der Waals surface area (Å²) in [7, 11) is 0. The Morgan fingerprint density at radius 3 is 2.76 bits per heavy atom. The van der Waals surface area contributed by atoms with Gasteiger partial charge in [-0.05, 0) is 6.26 Å². The molecular weight excluding hydrogens is 302 g/mol. The standard InChI is InChI=1S/C11H15N3O6S/c1-21-11-13-8(4(2-15)9(19)14-11)12-10-7(18)6(17)5(16)3-20-10/h2,5-7,10,16-18H,3H2,1H3,(H2,12,13,14,19)/t5-,6-,7-,10+/m1/s1. The lowest BCUT2D eigenvalue weighted by atomic mass is 10.0. The fourth-order valence-corrected chi connectivity index (χ4v) is 2.22. The van der Waals surface area contributed by atoms with Gasteiger partial charge in [0.2, 0.25) is 0 Å². The Morgan fingerprint density at radius 1 is 1.43 bits per heavy atom. The van der Waals surface area contributed by atoms with Crippen LogP contribution in [0.4, 0.5) is 5.82 Å². The van der Waals surface area contributed by atoms with Gasteiger partial charge in [0, 0.05) is 0 Å². The summed E-state index contributed by atoms with van der Waals surface area (Å²) in [6.07, 6.45) is -3.14. The molecule has 0 aliphatic carbocycles. The molecule has 0 amide bonds. The average Bonchev–Trinajstić information content (AvgIpc) is 2.47. The van der Waals surface area contributed by atoms with E-state index >= 15 is 0 Å². The Morgan fingerprint density at radius 2 is 2.14 bits per heavy atom. The molecule has 4 atom stereocenters. The number of hydrogen-bond acceptors (Lipinski definition) is 9. The second-order valence-electron chi connectivity index (χ2n) is 4.40. The van der Waals surface area contributed by atoms with Crippen LogP contribution in [-0.2, 0) is 4.74 Å². The van der Waals surface area contributed by atoms with Crippen LogP contribution in [-0.4, -0.2) is 69.0 Å². The van der Waals surface area contributed by atoms with E-state index in [0.717, 1.165) is 11.8 Å². The number of ether oxygens (including phenoxy) is 1. The maximum atomic E-state index is 11.7. The van der Waals surface area contributed by atoms with Gasteiger partial charge in [-0.3, -0.25) is 9.59 Å². The van der Waals surface area contributed by atoms with Crippen LogP contribution in [0.3, 0.4) is 0 Å². The minimum atomic E-state index is -1.44. The fraction of sp³-hybridized carbons (Fsp3) is 0.545. The van der Waals surface area contributed by atoms with Crippen LogP contribution in [0.15, 0.2) is 9.95 Å². The molecule has 0 unspecified atom stereocenters. The monoisotopic (exact) mass is 317 g/mol. The predicted octanol–water partition coefficient (Wildman–Crippen LogP) is -1.84. The summed E-state index contributed by atoms with van der Waals surface area (Å²) < 4.78 is 5.14. The Hall–Kier alpha value is -1.46. The number of nitrogens with zero attached hydrogens (tertiary/aromatic N) is 1. The normalized spacial score (nSPS) is 29.1. The molecule has 0 bridgehead atoms. The van der Waals surface area contributed by atoms with Gasteiger partial charge in [0.1, 0.15) is 29.7 Å². The van der Waals surface area contributed by atoms with E-state index < -0.39 is 30.1 Å². The summed E-state index contributed by atoms with van der Waals surface area (Å²) in [6, 6.07) is 0. The van der Waals surface area contributed by atoms with Crippen LogP contribution in [0.5, 0.6) is 0 Å². The molecule has 2 heterocycles. The number of aldehydes is 1. The van der Waals surface area contributed by atoms with Crippen LogP contribution in [0, 0.1) is 0 Å². The molecule has 2 rings (SSSR count). The molecule has 21 heavy (non-hydrogen) atoms. The maximum absolute atomic E-state index is 11.7. The third kappa shape index (κ3) is 3.24. The van der Waals surface area contributed by atoms with Crippen molar-refractivity contribution < 1.29 is 24.9 Å². The van der Waals surface area contributed by atoms with Gasteiger partial charge in [-0.2, -0.15) is 0 Å². The summed E-state index contributed by atoms with van der Waals surface area (Å²) in [6.45, 7) is -0.203. The number of anilines is 1. The van der Waals surface area contributed by atoms with E-state index in [4.69, 9.17) is 4.74 Å². The van der Waals surface area contributed by atoms with Gasteiger partial charge in [0.05, 0.1) is 6.61 Å². The Bertz CT molecular complexity index is 580. The van der Waals surface area contributed by atoms with Crippen LogP contribution < -0.4 is 10.9 Å². The van der Waals surface area contributed by atoms with Crippen molar-refractivity contribution in [1.82, 2.24) is 9.97 Å². The summed E-state index contributed by atoms with van der Waals surface area (Å²) in [4.78, 5) is 29.1. The van der Waals surface area contributed by atoms with Gasteiger partial charge in [0.25, 0.3) is 5.56 Å². The van der Waals surface area contributed by atoms with Gasteiger partial charge in [-0.25, -0.2) is 4.98 Å². The summed E-state index contributed by atoms with van der Waals surface area (Å²) in [5.74, 6) is -0.0641. The molecule has 1 fully saturated rings. The van der Waals surface area contributed by atoms with Crippen molar-refractivity contribution in [2.45, 2.75) is 29.7 Å². The van der Waals surface area contributed by atoms with Gasteiger partial charge < -0.3 is 30.4 Å².